The van der Waals surface area contributed by atoms with Crippen LogP contribution in [-0.2, 0) is 54.4 Å². The minimum atomic E-state index is -1.63. The Morgan fingerprint density at radius 1 is 0.545 bits per heavy atom. The molecule has 2 heterocycles. The monoisotopic (exact) mass is 1420 g/mol. The van der Waals surface area contributed by atoms with Gasteiger partial charge in [-0.05, 0) is 119 Å². The van der Waals surface area contributed by atoms with Crippen LogP contribution in [0.15, 0.2) is 67.4 Å². The highest BCUT2D eigenvalue weighted by molar-refractivity contribution is 8.76. The highest BCUT2D eigenvalue weighted by Gasteiger charge is 2.41. The van der Waals surface area contributed by atoms with Gasteiger partial charge in [0.25, 0.3) is 0 Å². The number of carbonyl (C=O) groups is 10. The number of hydrogen-bond acceptors (Lipinski definition) is 19. The number of amides is 9. The summed E-state index contributed by atoms with van der Waals surface area (Å²) in [6, 6.07) is -1.33. The van der Waals surface area contributed by atoms with Crippen molar-refractivity contribution in [2.24, 2.45) is 93.8 Å². The van der Waals surface area contributed by atoms with Crippen molar-refractivity contribution in [3.05, 3.63) is 48.0 Å². The first kappa shape index (κ1) is 81.8. The summed E-state index contributed by atoms with van der Waals surface area (Å²) in [4.78, 5) is 166. The standard InChI is InChI=1S/C60H100N26O11S2/c61-22-4-3-14-40-54(95)86-28-10-19-45(86)53(94)80-39(17-8-26-76-59(69)70)49(90)84-44(52(93)82-41(55(96)97)18-9-27-77-60(71)72)32-99-98-31-43(51(92)79-38(47(88)81-40)16-7-25-75-58(67)68)85-50(91)42(30-33-20-21-34-11-1-2-12-35(34)29-33)83-48(89)37(15-6-24-74-57(65)66)78-46(87)36(62)13-5-23-73-56(63)64/h1-2,11-12,20-21,29,36-45H,3-10,13-19,22-28,30-32,61-62H2,(H,78,87)(H,79,92)(H,80,94)(H,81,88)(H,82,93)(H,83,89)(H,84,90)(H,85,91)(H,96,97)(H4,63,64,73)(H4,65,66,74)(H4,67,68,75)(H4,69,70,76)(H4,71,72,77)/t36-,37-,38-,39-,40+,41-,42-,43-,44-,45-/m0/s1. The molecule has 4 rings (SSSR count). The summed E-state index contributed by atoms with van der Waals surface area (Å²) in [6.45, 7) is 0.508. The first-order chi connectivity index (χ1) is 47.2. The van der Waals surface area contributed by atoms with Gasteiger partial charge in [-0.1, -0.05) is 64.1 Å². The Balaban J connectivity index is 1.90. The third-order valence-corrected chi connectivity index (χ3v) is 18.1. The number of nitrogens with zero attached hydrogens (tertiary/aromatic N) is 6. The van der Waals surface area contributed by atoms with Crippen LogP contribution in [0.4, 0.5) is 0 Å². The van der Waals surface area contributed by atoms with Crippen LogP contribution in [0.3, 0.4) is 0 Å². The molecule has 2 aromatic rings. The molecule has 9 amide bonds. The van der Waals surface area contributed by atoms with Crippen molar-refractivity contribution < 1.29 is 53.1 Å². The molecule has 39 heteroatoms. The molecule has 0 radical (unpaired) electrons. The van der Waals surface area contributed by atoms with E-state index in [0.717, 1.165) is 32.4 Å². The predicted molar refractivity (Wildman–Crippen MR) is 381 cm³/mol. The molecule has 0 spiro atoms. The zero-order chi connectivity index (χ0) is 73.0. The second kappa shape index (κ2) is 43.6. The maximum Gasteiger partial charge on any atom is 0.326 e. The molecule has 2 aromatic carbocycles. The van der Waals surface area contributed by atoms with Gasteiger partial charge < -0.3 is 121 Å². The molecule has 0 unspecified atom stereocenters. The lowest BCUT2D eigenvalue weighted by molar-refractivity contribution is -0.143. The summed E-state index contributed by atoms with van der Waals surface area (Å²) in [5.74, 6) is -10.9. The fourth-order valence-corrected chi connectivity index (χ4v) is 12.9. The Bertz CT molecular complexity index is 3200. The quantitative estimate of drug-likeness (QED) is 0.0132. The molecule has 0 aromatic heterocycles. The normalized spacial score (nSPS) is 19.8. The molecular weight excluding hydrogens is 1320 g/mol. The van der Waals surface area contributed by atoms with Gasteiger partial charge in [0.05, 0.1) is 6.04 Å². The molecule has 2 saturated heterocycles. The van der Waals surface area contributed by atoms with Crippen LogP contribution < -0.4 is 111 Å². The van der Waals surface area contributed by atoms with Gasteiger partial charge in [0.15, 0.2) is 29.8 Å². The molecule has 0 bridgehead atoms. The van der Waals surface area contributed by atoms with E-state index < -0.39 is 120 Å². The van der Waals surface area contributed by atoms with Gasteiger partial charge >= 0.3 is 5.97 Å². The largest absolute Gasteiger partial charge is 0.480 e. The Morgan fingerprint density at radius 2 is 1.05 bits per heavy atom. The van der Waals surface area contributed by atoms with Crippen LogP contribution in [0.1, 0.15) is 102 Å². The average Bonchev–Trinajstić information content (AvgIpc) is 1.81. The van der Waals surface area contributed by atoms with Crippen molar-refractivity contribution in [1.82, 2.24) is 47.4 Å². The fourth-order valence-electron chi connectivity index (χ4n) is 10.6. The summed E-state index contributed by atoms with van der Waals surface area (Å²) in [5, 5.41) is 33.6. The van der Waals surface area contributed by atoms with Crippen LogP contribution >= 0.6 is 21.6 Å². The third kappa shape index (κ3) is 30.4. The van der Waals surface area contributed by atoms with Crippen molar-refractivity contribution in [3.63, 3.8) is 0 Å². The number of fused-ring (bicyclic) bond motifs is 2. The van der Waals surface area contributed by atoms with E-state index >= 15 is 9.59 Å². The number of guanidine groups is 5. The molecule has 0 aliphatic carbocycles. The van der Waals surface area contributed by atoms with Crippen molar-refractivity contribution in [3.8, 4) is 0 Å². The highest BCUT2D eigenvalue weighted by Crippen LogP contribution is 2.26. The van der Waals surface area contributed by atoms with Crippen LogP contribution in [0.2, 0.25) is 0 Å². The second-order valence-electron chi connectivity index (χ2n) is 23.6. The number of unbranched alkanes of at least 4 members (excludes halogenated alkanes) is 1. The molecule has 2 aliphatic rings. The summed E-state index contributed by atoms with van der Waals surface area (Å²) in [7, 11) is 1.81. The zero-order valence-corrected chi connectivity index (χ0v) is 57.1. The number of carbonyl (C=O) groups excluding carboxylic acids is 9. The number of nitrogens with one attached hydrogen (secondary N) is 8. The van der Waals surface area contributed by atoms with E-state index in [4.69, 9.17) is 68.8 Å². The zero-order valence-electron chi connectivity index (χ0n) is 55.5. The number of rotatable bonds is 35. The van der Waals surface area contributed by atoms with Gasteiger partial charge in [-0.2, -0.15) is 0 Å². The van der Waals surface area contributed by atoms with Crippen LogP contribution in [0, 0.1) is 0 Å². The third-order valence-electron chi connectivity index (χ3n) is 15.7. The smallest absolute Gasteiger partial charge is 0.326 e. The number of benzene rings is 2. The molecule has 37 nitrogen and oxygen atoms in total. The van der Waals surface area contributed by atoms with Crippen LogP contribution in [-0.4, -0.2) is 217 Å². The molecule has 2 fully saturated rings. The highest BCUT2D eigenvalue weighted by atomic mass is 33.1. The maximum absolute atomic E-state index is 15.3. The van der Waals surface area contributed by atoms with Gasteiger partial charge in [-0.3, -0.25) is 68.1 Å². The number of aliphatic carboxylic acids is 1. The van der Waals surface area contributed by atoms with Gasteiger partial charge in [-0.15, -0.1) is 0 Å². The van der Waals surface area contributed by atoms with E-state index in [0.29, 0.717) is 31.2 Å². The summed E-state index contributed by atoms with van der Waals surface area (Å²) >= 11 is 0. The number of aliphatic imine (C=N–C) groups is 5. The van der Waals surface area contributed by atoms with E-state index in [2.05, 4.69) is 67.5 Å². The number of nitrogens with two attached hydrogens (primary N) is 12. The summed E-state index contributed by atoms with van der Waals surface area (Å²) in [5.41, 5.74) is 68.2. The number of carboxylic acids is 1. The van der Waals surface area contributed by atoms with E-state index in [9.17, 15) is 43.5 Å². The van der Waals surface area contributed by atoms with E-state index in [1.54, 1.807) is 12.1 Å². The minimum Gasteiger partial charge on any atom is -0.480 e. The van der Waals surface area contributed by atoms with E-state index in [1.165, 1.54) is 4.90 Å². The van der Waals surface area contributed by atoms with Gasteiger partial charge in [0, 0.05) is 57.2 Å². The topological polar surface area (TPSA) is 664 Å². The van der Waals surface area contributed by atoms with Crippen LogP contribution in [0.25, 0.3) is 10.8 Å². The number of carboxylic acid groups (broad SMARTS) is 1. The average molecular weight is 1430 g/mol. The van der Waals surface area contributed by atoms with Crippen molar-refractivity contribution in [2.75, 3.05) is 57.3 Å². The minimum absolute atomic E-state index is 0.00794. The van der Waals surface area contributed by atoms with E-state index in [1.807, 2.05) is 30.3 Å². The first-order valence-corrected chi connectivity index (χ1v) is 35.1. The molecule has 2 aliphatic heterocycles. The van der Waals surface area contributed by atoms with Gasteiger partial charge in [-0.25, -0.2) is 4.79 Å². The van der Waals surface area contributed by atoms with Crippen LogP contribution in [0.5, 0.6) is 0 Å². The van der Waals surface area contributed by atoms with E-state index in [-0.39, 0.29) is 164 Å². The Morgan fingerprint density at radius 3 is 1.63 bits per heavy atom. The Hall–Kier alpha value is -9.63. The van der Waals surface area contributed by atoms with Gasteiger partial charge in [0.2, 0.25) is 53.2 Å². The van der Waals surface area contributed by atoms with Gasteiger partial charge in [0.1, 0.15) is 54.4 Å². The van der Waals surface area contributed by atoms with Crippen molar-refractivity contribution in [2.45, 2.75) is 163 Å². The van der Waals surface area contributed by atoms with Crippen molar-refractivity contribution in [1.29, 1.82) is 0 Å². The predicted octanol–water partition coefficient (Wildman–Crippen LogP) is -6.54. The Labute approximate surface area is 581 Å². The summed E-state index contributed by atoms with van der Waals surface area (Å²) < 4.78 is 0. The number of hydrogen-bond donors (Lipinski definition) is 21. The lowest BCUT2D eigenvalue weighted by atomic mass is 10.00. The molecule has 33 N–H and O–H groups in total. The molecule has 548 valence electrons. The van der Waals surface area contributed by atoms with Crippen molar-refractivity contribution >= 4 is 121 Å². The SMILES string of the molecule is NCCCC[C@H]1NC(=O)[C@H](CCCN=C(N)N)NC(=O)[C@@H](NC(=O)[C@H](Cc2ccc3ccccc3c2)NC(=O)[C@H](CCCN=C(N)N)NC(=O)[C@@H](N)CCCN=C(N)N)CSSC[C@@H](C(=O)N[C@@H](CCCN=C(N)N)C(=O)O)NC(=O)[C@H](CCCN=C(N)N)NC(=O)[C@@H]2CCCN2C1=O. The summed E-state index contributed by atoms with van der Waals surface area (Å²) in [6.07, 6.45) is 1.47. The Kier molecular flexibility index (Phi) is 36.0. The maximum atomic E-state index is 15.3. The first-order valence-electron chi connectivity index (χ1n) is 32.6. The fraction of sp³-hybridized carbons (Fsp3) is 0.583. The molecular formula is C60H100N26O11S2. The second-order valence-corrected chi connectivity index (χ2v) is 26.2. The molecule has 0 saturated carbocycles. The lowest BCUT2D eigenvalue weighted by Gasteiger charge is -2.31. The molecule has 99 heavy (non-hydrogen) atoms. The molecule has 10 atom stereocenters. The lowest BCUT2D eigenvalue weighted by Crippen LogP contribution is -2.61.